The van der Waals surface area contributed by atoms with Gasteiger partial charge in [0.2, 0.25) is 0 Å². The predicted octanol–water partition coefficient (Wildman–Crippen LogP) is 15.8. The van der Waals surface area contributed by atoms with Gasteiger partial charge in [-0.1, -0.05) is 265 Å². The summed E-state index contributed by atoms with van der Waals surface area (Å²) in [5.41, 5.74) is 21.6. The third-order valence-corrected chi connectivity index (χ3v) is 28.6. The number of pyridine rings is 6. The number of hydroxylamine groups is 4. The van der Waals surface area contributed by atoms with Gasteiger partial charge in [-0.2, -0.15) is 26.2 Å². The van der Waals surface area contributed by atoms with Crippen LogP contribution in [0.15, 0.2) is 347 Å². The molecule has 0 unspecified atom stereocenters. The van der Waals surface area contributed by atoms with Crippen molar-refractivity contribution in [2.75, 3.05) is 12.4 Å². The van der Waals surface area contributed by atoms with Crippen LogP contribution < -0.4 is 54.6 Å². The van der Waals surface area contributed by atoms with Crippen molar-refractivity contribution in [2.24, 2.45) is 0 Å². The van der Waals surface area contributed by atoms with E-state index >= 15 is 0 Å². The molecule has 4 amide bonds. The fraction of sp³-hybridized carbons (Fsp3) is 0.130. The summed E-state index contributed by atoms with van der Waals surface area (Å²) in [6.45, 7) is 0.693. The summed E-state index contributed by atoms with van der Waals surface area (Å²) >= 11 is 6.90. The Labute approximate surface area is 836 Å². The summed E-state index contributed by atoms with van der Waals surface area (Å²) < 4.78 is 35.1. The molecule has 2 saturated heterocycles. The highest BCUT2D eigenvalue weighted by Crippen LogP contribution is 2.59. The third kappa shape index (κ3) is 24.8. The Hall–Kier alpha value is -14.5. The second-order valence-electron chi connectivity index (χ2n) is 31.2. The molecule has 9 aromatic heterocycles. The number of amides is 4. The van der Waals surface area contributed by atoms with Crippen molar-refractivity contribution < 1.29 is 77.1 Å². The smallest absolute Gasteiger partial charge is 0.333 e. The number of nitrogens with zero attached hydrogens (tertiary/aromatic N) is 14. The van der Waals surface area contributed by atoms with Gasteiger partial charge in [0.05, 0.1) is 82.7 Å². The standard InChI is InChI=1S/C36H27N3PS.C33H28N5O4S.C24H16N4S.C9H12BrNO4.C6H7NO.BrH.ClH/c1-6-16-27(17-7-1)33-32(37-34(28-18-8-2-9-19-28)36-35(33)38-41-39-36)26-40(29-20-10-3-11-21-29,30-22-12-4-13-23-30)31-24-14-5-15-25-31;39-27-18-19-28(40)38(27)42-29(41)15-7-8-20-37-21-9-10-23(22-37)16-17-26-30(24-11-3-1-4-12-24)32-33(36-43-35-32)31(34-26)25-13-5-2-6-14-25;1-3-9-18(10-4-1)21-20(14-13-17-8-7-15-25-16-17)26-22(19-11-5-2-6-12-19)24-23(21)27-29-28-24;10-6-2-1-3-9(14)15-11-7(12)4-5-8(11)13;1-8-6-3-2-4-7-5-6;;/h1-25H,26H2;1-6,9-14,16-17,21-22H,7-8,15,18-20H2;1-16H;1-6H2;2-5H,1H3;2*1H/q2*+1;;;;;/p-2/b;17-16+;14-13+;;;;. The molecule has 0 N–H and O–H groups in total. The molecule has 9 aromatic carbocycles. The molecule has 0 bridgehead atoms. The summed E-state index contributed by atoms with van der Waals surface area (Å²) in [5.74, 6) is -2.11. The highest BCUT2D eigenvalue weighted by atomic mass is 79.9. The molecule has 690 valence electrons. The van der Waals surface area contributed by atoms with Gasteiger partial charge in [0.1, 0.15) is 74.7 Å². The number of aryl methyl sites for hydroxylation is 1. The largest absolute Gasteiger partial charge is 1.00 e. The van der Waals surface area contributed by atoms with Crippen LogP contribution in [0.5, 0.6) is 5.75 Å². The van der Waals surface area contributed by atoms with E-state index in [1.165, 1.54) is 51.1 Å². The summed E-state index contributed by atoms with van der Waals surface area (Å²) in [7, 11) is -0.579. The SMILES string of the molecule is C(=C\c1nc(-c2ccccc2)c2nsnc2c1-c1ccccc1)/c1cccnc1.COc1cccnc1.O=C(CCCCBr)ON1C(=O)CCC1=O.O=C(CCCC[n+]1cccc(/C=C/c2nc(-c3ccccc3)c3nsnc3c2-c2ccccc2)c1)ON1C(=O)CCC1=O.[Br-].[Cl-].c1ccc(-c2nc(C[P+](c3ccccc3)(c3ccccc3)c3ccccc3)c(-c3ccccc3)c3nsnc23)cc1. The molecule has 0 saturated carbocycles. The number of ether oxygens (including phenoxy) is 1. The minimum atomic E-state index is -2.20. The van der Waals surface area contributed by atoms with Gasteiger partial charge in [-0.05, 0) is 120 Å². The first-order chi connectivity index (χ1) is 66.9. The molecule has 0 spiro atoms. The molecular formula is C108H90Br2ClN14O9PS3. The molecule has 30 heteroatoms. The molecule has 138 heavy (non-hydrogen) atoms. The van der Waals surface area contributed by atoms with E-state index in [1.54, 1.807) is 25.7 Å². The Morgan fingerprint density at radius 1 is 0.391 bits per heavy atom. The number of carbonyl (C=O) groups excluding carboxylic acids is 6. The topological polar surface area (TPSA) is 282 Å². The molecule has 18 aromatic rings. The number of halogens is 3. The average Bonchev–Trinajstić information content (AvgIpc) is 0.809. The number of hydrogen-bond donors (Lipinski definition) is 0. The van der Waals surface area contributed by atoms with Gasteiger partial charge in [0.25, 0.3) is 23.6 Å². The minimum absolute atomic E-state index is 0. The molecule has 0 radical (unpaired) electrons. The highest BCUT2D eigenvalue weighted by Gasteiger charge is 2.47. The summed E-state index contributed by atoms with van der Waals surface area (Å²) in [4.78, 5) is 102. The van der Waals surface area contributed by atoms with Gasteiger partial charge in [0.15, 0.2) is 12.4 Å². The van der Waals surface area contributed by atoms with Crippen LogP contribution in [0.2, 0.25) is 0 Å². The first kappa shape index (κ1) is 99.5. The Morgan fingerprint density at radius 2 is 0.739 bits per heavy atom. The first-order valence-corrected chi connectivity index (χ1v) is 49.4. The minimum Gasteiger partial charge on any atom is -1.00 e. The van der Waals surface area contributed by atoms with Crippen molar-refractivity contribution in [3.63, 3.8) is 0 Å². The lowest BCUT2D eigenvalue weighted by Gasteiger charge is -2.28. The van der Waals surface area contributed by atoms with E-state index in [0.29, 0.717) is 29.5 Å². The van der Waals surface area contributed by atoms with Crippen molar-refractivity contribution in [1.82, 2.24) is 61.3 Å². The Balaban J connectivity index is 0.000000149. The van der Waals surface area contributed by atoms with Crippen molar-refractivity contribution in [1.29, 1.82) is 0 Å². The molecular weight excluding hydrogens is 1960 g/mol. The van der Waals surface area contributed by atoms with Crippen LogP contribution in [-0.2, 0) is 51.1 Å². The van der Waals surface area contributed by atoms with E-state index in [9.17, 15) is 28.8 Å². The predicted molar refractivity (Wildman–Crippen MR) is 542 cm³/mol. The van der Waals surface area contributed by atoms with Crippen LogP contribution in [-0.4, -0.2) is 109 Å². The van der Waals surface area contributed by atoms with Gasteiger partial charge in [0, 0.05) is 114 Å². The van der Waals surface area contributed by atoms with Crippen molar-refractivity contribution in [3.05, 3.63) is 375 Å². The van der Waals surface area contributed by atoms with Crippen LogP contribution in [0.1, 0.15) is 92.4 Å². The van der Waals surface area contributed by atoms with E-state index in [-0.39, 0.29) is 67.9 Å². The molecule has 20 rings (SSSR count). The molecule has 0 atom stereocenters. The van der Waals surface area contributed by atoms with Gasteiger partial charge in [-0.3, -0.25) is 29.1 Å². The number of unbranched alkanes of at least 4 members (excludes halogenated alkanes) is 2. The van der Waals surface area contributed by atoms with E-state index in [0.717, 1.165) is 159 Å². The number of fused-ring (bicyclic) bond motifs is 3. The van der Waals surface area contributed by atoms with Crippen LogP contribution in [0.3, 0.4) is 0 Å². The fourth-order valence-corrected chi connectivity index (χ4v) is 21.9. The van der Waals surface area contributed by atoms with Crippen molar-refractivity contribution in [3.8, 4) is 72.9 Å². The second-order valence-corrected chi connectivity index (χ2v) is 37.1. The molecule has 2 aliphatic rings. The second kappa shape index (κ2) is 49.8. The van der Waals surface area contributed by atoms with Gasteiger partial charge < -0.3 is 43.8 Å². The third-order valence-electron chi connectivity index (χ3n) is 22.2. The lowest BCUT2D eigenvalue weighted by atomic mass is 9.99. The highest BCUT2D eigenvalue weighted by molar-refractivity contribution is 9.09. The lowest BCUT2D eigenvalue weighted by molar-refractivity contribution is -0.697. The normalized spacial score (nSPS) is 12.2. The van der Waals surface area contributed by atoms with Gasteiger partial charge in [-0.25, -0.2) is 29.1 Å². The van der Waals surface area contributed by atoms with Crippen LogP contribution >= 0.6 is 58.4 Å². The maximum absolute atomic E-state index is 12.1. The molecule has 11 heterocycles. The number of imide groups is 2. The summed E-state index contributed by atoms with van der Waals surface area (Å²) in [6, 6.07) is 106. The van der Waals surface area contributed by atoms with Crippen molar-refractivity contribution >= 4 is 167 Å². The van der Waals surface area contributed by atoms with Crippen LogP contribution in [0, 0.1) is 0 Å². The zero-order valence-corrected chi connectivity index (χ0v) is 81.9. The van der Waals surface area contributed by atoms with E-state index in [4.69, 9.17) is 33.3 Å². The Kier molecular flexibility index (Phi) is 35.9. The van der Waals surface area contributed by atoms with Crippen LogP contribution in [0.4, 0.5) is 0 Å². The van der Waals surface area contributed by atoms with Gasteiger partial charge >= 0.3 is 11.9 Å². The van der Waals surface area contributed by atoms with E-state index in [2.05, 4.69) is 235 Å². The number of aromatic nitrogens is 12. The van der Waals surface area contributed by atoms with E-state index in [1.807, 2.05) is 170 Å². The van der Waals surface area contributed by atoms with E-state index < -0.39 is 42.8 Å². The average molecular weight is 2050 g/mol. The Morgan fingerprint density at radius 3 is 1.12 bits per heavy atom. The quantitative estimate of drug-likeness (QED) is 0.0152. The van der Waals surface area contributed by atoms with Gasteiger partial charge in [-0.15, -0.1) is 10.1 Å². The first-order valence-electron chi connectivity index (χ1n) is 44.1. The monoisotopic (exact) mass is 2050 g/mol. The van der Waals surface area contributed by atoms with Crippen molar-refractivity contribution in [2.45, 2.75) is 76.9 Å². The fourth-order valence-electron chi connectivity index (χ4n) is 15.6. The number of methoxy groups -OCH3 is 1. The number of alkyl halides is 1. The molecule has 23 nitrogen and oxygen atoms in total. The number of hydrogen-bond acceptors (Lipinski definition) is 23. The zero-order valence-electron chi connectivity index (χ0n) is 74.7. The zero-order chi connectivity index (χ0) is 93.6. The Bertz CT molecular complexity index is 7050. The van der Waals surface area contributed by atoms with Crippen LogP contribution in [0.25, 0.3) is 125 Å². The summed E-state index contributed by atoms with van der Waals surface area (Å²) in [6.07, 6.45) is 23.5. The summed E-state index contributed by atoms with van der Waals surface area (Å²) in [5, 5.41) is 5.98. The molecule has 2 aliphatic heterocycles. The number of benzene rings is 9. The number of rotatable bonds is 27. The molecule has 2 fully saturated rings. The lowest BCUT2D eigenvalue weighted by Crippen LogP contribution is -3.00. The maximum Gasteiger partial charge on any atom is 0.333 e. The maximum atomic E-state index is 12.1. The molecule has 0 aliphatic carbocycles. The number of carbonyl (C=O) groups is 6.